The summed E-state index contributed by atoms with van der Waals surface area (Å²) in [6.07, 6.45) is 2.69. The average molecular weight is 294 g/mol. The van der Waals surface area contributed by atoms with E-state index in [1.54, 1.807) is 17.0 Å². The summed E-state index contributed by atoms with van der Waals surface area (Å²) in [5.41, 5.74) is 0.811. The van der Waals surface area contributed by atoms with E-state index in [-0.39, 0.29) is 11.9 Å². The van der Waals surface area contributed by atoms with E-state index in [2.05, 4.69) is 10.6 Å². The molecule has 3 rings (SSSR count). The van der Waals surface area contributed by atoms with Gasteiger partial charge in [0.15, 0.2) is 0 Å². The van der Waals surface area contributed by atoms with E-state index >= 15 is 0 Å². The Hall–Kier alpha value is -1.75. The van der Waals surface area contributed by atoms with Crippen LogP contribution < -0.4 is 15.5 Å². The number of rotatable bonds is 3. The minimum Gasteiger partial charge on any atom is -0.335 e. The molecular weight excluding hydrogens is 278 g/mol. The molecule has 2 N–H and O–H groups in total. The molecule has 1 saturated heterocycles. The summed E-state index contributed by atoms with van der Waals surface area (Å²) in [4.78, 5) is 25.6. The molecule has 20 heavy (non-hydrogen) atoms. The zero-order valence-corrected chi connectivity index (χ0v) is 11.7. The molecule has 2 fully saturated rings. The number of hydrogen-bond donors (Lipinski definition) is 2. The first-order valence-electron chi connectivity index (χ1n) is 6.77. The Labute approximate surface area is 122 Å². The summed E-state index contributed by atoms with van der Waals surface area (Å²) in [6.45, 7) is 0.606. The number of amides is 3. The first kappa shape index (κ1) is 13.2. The highest BCUT2D eigenvalue weighted by Gasteiger charge is 2.34. The molecule has 3 amide bonds. The van der Waals surface area contributed by atoms with Crippen molar-refractivity contribution in [2.75, 3.05) is 11.4 Å². The summed E-state index contributed by atoms with van der Waals surface area (Å²) in [5.74, 6) is -0.0710. The largest absolute Gasteiger partial charge is 0.335 e. The summed E-state index contributed by atoms with van der Waals surface area (Å²) in [5, 5.41) is 6.21. The third kappa shape index (κ3) is 2.88. The minimum absolute atomic E-state index is 0.0710. The van der Waals surface area contributed by atoms with Gasteiger partial charge in [0.25, 0.3) is 0 Å². The number of anilines is 1. The predicted octanol–water partition coefficient (Wildman–Crippen LogP) is 1.91. The number of carbonyl (C=O) groups is 2. The van der Waals surface area contributed by atoms with Gasteiger partial charge in [-0.15, -0.1) is 0 Å². The summed E-state index contributed by atoms with van der Waals surface area (Å²) >= 11 is 5.84. The molecule has 2 aliphatic rings. The average Bonchev–Trinajstić information content (AvgIpc) is 3.16. The number of urea groups is 1. The fourth-order valence-corrected chi connectivity index (χ4v) is 2.43. The molecule has 0 spiro atoms. The van der Waals surface area contributed by atoms with Gasteiger partial charge >= 0.3 is 6.03 Å². The van der Waals surface area contributed by atoms with Gasteiger partial charge in [0.05, 0.1) is 0 Å². The quantitative estimate of drug-likeness (QED) is 0.894. The van der Waals surface area contributed by atoms with Crippen molar-refractivity contribution in [3.05, 3.63) is 29.3 Å². The van der Waals surface area contributed by atoms with Gasteiger partial charge in [0.2, 0.25) is 5.91 Å². The van der Waals surface area contributed by atoms with Gasteiger partial charge < -0.3 is 15.5 Å². The van der Waals surface area contributed by atoms with Crippen LogP contribution in [-0.2, 0) is 4.79 Å². The van der Waals surface area contributed by atoms with Crippen molar-refractivity contribution in [1.82, 2.24) is 10.6 Å². The highest BCUT2D eigenvalue weighted by atomic mass is 35.5. The molecule has 0 bridgehead atoms. The van der Waals surface area contributed by atoms with Gasteiger partial charge in [0, 0.05) is 23.3 Å². The molecule has 1 heterocycles. The molecule has 6 heteroatoms. The Bertz CT molecular complexity index is 528. The first-order chi connectivity index (χ1) is 9.63. The lowest BCUT2D eigenvalue weighted by atomic mass is 10.2. The van der Waals surface area contributed by atoms with Crippen LogP contribution >= 0.6 is 11.6 Å². The molecular formula is C14H16ClN3O2. The Kier molecular flexibility index (Phi) is 3.53. The van der Waals surface area contributed by atoms with E-state index in [4.69, 9.17) is 11.6 Å². The molecule has 1 aliphatic carbocycles. The molecule has 106 valence electrons. The second-order valence-electron chi connectivity index (χ2n) is 5.20. The molecule has 5 nitrogen and oxygen atoms in total. The Balaban J connectivity index is 1.61. The lowest BCUT2D eigenvalue weighted by Gasteiger charge is -2.17. The molecule has 0 radical (unpaired) electrons. The number of benzene rings is 1. The van der Waals surface area contributed by atoms with E-state index in [9.17, 15) is 9.59 Å². The fourth-order valence-electron chi connectivity index (χ4n) is 2.30. The topological polar surface area (TPSA) is 61.4 Å². The Morgan fingerprint density at radius 3 is 2.50 bits per heavy atom. The predicted molar refractivity (Wildman–Crippen MR) is 76.9 cm³/mol. The van der Waals surface area contributed by atoms with Crippen LogP contribution in [0.2, 0.25) is 5.02 Å². The Morgan fingerprint density at radius 1 is 1.15 bits per heavy atom. The van der Waals surface area contributed by atoms with E-state index in [1.165, 1.54) is 0 Å². The van der Waals surface area contributed by atoms with Crippen LogP contribution in [0.15, 0.2) is 24.3 Å². The van der Waals surface area contributed by atoms with Crippen molar-refractivity contribution in [1.29, 1.82) is 0 Å². The van der Waals surface area contributed by atoms with Gasteiger partial charge in [0.1, 0.15) is 6.04 Å². The van der Waals surface area contributed by atoms with Crippen molar-refractivity contribution in [3.63, 3.8) is 0 Å². The van der Waals surface area contributed by atoms with Gasteiger partial charge in [-0.25, -0.2) is 4.79 Å². The number of nitrogens with one attached hydrogen (secondary N) is 2. The van der Waals surface area contributed by atoms with Crippen molar-refractivity contribution < 1.29 is 9.59 Å². The second-order valence-corrected chi connectivity index (χ2v) is 5.64. The van der Waals surface area contributed by atoms with Crippen molar-refractivity contribution >= 4 is 29.2 Å². The third-order valence-corrected chi connectivity index (χ3v) is 3.81. The first-order valence-corrected chi connectivity index (χ1v) is 7.15. The SMILES string of the molecule is O=C(NC1CC1)N[C@H]1CCN(c2ccc(Cl)cc2)C1=O. The number of nitrogens with zero attached hydrogens (tertiary/aromatic N) is 1. The van der Waals surface area contributed by atoms with Crippen LogP contribution in [0.25, 0.3) is 0 Å². The maximum atomic E-state index is 12.3. The Morgan fingerprint density at radius 2 is 1.85 bits per heavy atom. The maximum absolute atomic E-state index is 12.3. The molecule has 0 aromatic heterocycles. The highest BCUT2D eigenvalue weighted by molar-refractivity contribution is 6.30. The standard InChI is InChI=1S/C14H16ClN3O2/c15-9-1-5-11(6-2-9)18-8-7-12(13(18)19)17-14(20)16-10-3-4-10/h1-2,5-6,10,12H,3-4,7-8H2,(H2,16,17,20)/t12-/m0/s1. The molecule has 1 aromatic rings. The van der Waals surface area contributed by atoms with Crippen molar-refractivity contribution in [2.24, 2.45) is 0 Å². The van der Waals surface area contributed by atoms with Crippen LogP contribution in [0.1, 0.15) is 19.3 Å². The molecule has 1 aliphatic heterocycles. The molecule has 1 saturated carbocycles. The van der Waals surface area contributed by atoms with Crippen LogP contribution in [0, 0.1) is 0 Å². The third-order valence-electron chi connectivity index (χ3n) is 3.56. The number of halogens is 1. The zero-order valence-electron chi connectivity index (χ0n) is 10.9. The fraction of sp³-hybridized carbons (Fsp3) is 0.429. The van der Waals surface area contributed by atoms with Gasteiger partial charge in [-0.05, 0) is 43.5 Å². The normalized spacial score (nSPS) is 21.9. The van der Waals surface area contributed by atoms with Crippen molar-refractivity contribution in [3.8, 4) is 0 Å². The van der Waals surface area contributed by atoms with Crippen LogP contribution in [-0.4, -0.2) is 30.6 Å². The van der Waals surface area contributed by atoms with Gasteiger partial charge in [-0.3, -0.25) is 4.79 Å². The maximum Gasteiger partial charge on any atom is 0.315 e. The minimum atomic E-state index is -0.440. The van der Waals surface area contributed by atoms with E-state index in [0.717, 1.165) is 18.5 Å². The van der Waals surface area contributed by atoms with E-state index < -0.39 is 6.04 Å². The van der Waals surface area contributed by atoms with E-state index in [1.807, 2.05) is 12.1 Å². The van der Waals surface area contributed by atoms with Gasteiger partial charge in [-0.2, -0.15) is 0 Å². The molecule has 1 aromatic carbocycles. The molecule has 0 unspecified atom stereocenters. The number of hydrogen-bond acceptors (Lipinski definition) is 2. The summed E-state index contributed by atoms with van der Waals surface area (Å²) < 4.78 is 0. The zero-order chi connectivity index (χ0) is 14.1. The summed E-state index contributed by atoms with van der Waals surface area (Å²) in [6, 6.07) is 6.74. The highest BCUT2D eigenvalue weighted by Crippen LogP contribution is 2.23. The van der Waals surface area contributed by atoms with Crippen LogP contribution in [0.3, 0.4) is 0 Å². The van der Waals surface area contributed by atoms with Crippen molar-refractivity contribution in [2.45, 2.75) is 31.3 Å². The smallest absolute Gasteiger partial charge is 0.315 e. The van der Waals surface area contributed by atoms with Crippen LogP contribution in [0.4, 0.5) is 10.5 Å². The lowest BCUT2D eigenvalue weighted by molar-refractivity contribution is -0.118. The summed E-state index contributed by atoms with van der Waals surface area (Å²) in [7, 11) is 0. The van der Waals surface area contributed by atoms with Crippen LogP contribution in [0.5, 0.6) is 0 Å². The lowest BCUT2D eigenvalue weighted by Crippen LogP contribution is -2.46. The monoisotopic (exact) mass is 293 g/mol. The van der Waals surface area contributed by atoms with E-state index in [0.29, 0.717) is 24.0 Å². The molecule has 1 atom stereocenters. The van der Waals surface area contributed by atoms with Gasteiger partial charge in [-0.1, -0.05) is 11.6 Å². The number of carbonyl (C=O) groups excluding carboxylic acids is 2. The second kappa shape index (κ2) is 5.32.